The van der Waals surface area contributed by atoms with Crippen LogP contribution in [-0.2, 0) is 0 Å². The molecule has 100 valence electrons. The second-order valence-electron chi connectivity index (χ2n) is 4.21. The maximum absolute atomic E-state index is 8.83. The number of amidine groups is 1. The van der Waals surface area contributed by atoms with Crippen molar-refractivity contribution < 1.29 is 14.6 Å². The largest absolute Gasteiger partial charge is 0.491 e. The molecule has 3 rings (SSSR count). The van der Waals surface area contributed by atoms with Gasteiger partial charge in [-0.1, -0.05) is 0 Å². The van der Waals surface area contributed by atoms with E-state index in [1.54, 1.807) is 13.4 Å². The molecule has 2 aliphatic heterocycles. The molecule has 0 spiro atoms. The van der Waals surface area contributed by atoms with Gasteiger partial charge in [0.15, 0.2) is 11.5 Å². The SMILES string of the molecule is COc1c(OCCO)ccc2c1N=CN1CCN=C21. The van der Waals surface area contributed by atoms with Gasteiger partial charge in [0.05, 0.1) is 26.6 Å². The third-order valence-corrected chi connectivity index (χ3v) is 3.09. The molecule has 0 aliphatic carbocycles. The van der Waals surface area contributed by atoms with Crippen molar-refractivity contribution in [2.45, 2.75) is 0 Å². The molecule has 0 atom stereocenters. The van der Waals surface area contributed by atoms with E-state index in [9.17, 15) is 0 Å². The molecule has 0 bridgehead atoms. The summed E-state index contributed by atoms with van der Waals surface area (Å²) in [6.45, 7) is 1.84. The Bertz CT molecular complexity index is 554. The van der Waals surface area contributed by atoms with E-state index >= 15 is 0 Å². The summed E-state index contributed by atoms with van der Waals surface area (Å²) in [4.78, 5) is 10.9. The average molecular weight is 261 g/mol. The first-order valence-electron chi connectivity index (χ1n) is 6.15. The highest BCUT2D eigenvalue weighted by atomic mass is 16.5. The molecule has 0 aromatic heterocycles. The van der Waals surface area contributed by atoms with Crippen LogP contribution in [0.4, 0.5) is 5.69 Å². The van der Waals surface area contributed by atoms with Crippen molar-refractivity contribution in [2.24, 2.45) is 9.98 Å². The van der Waals surface area contributed by atoms with Gasteiger partial charge >= 0.3 is 0 Å². The summed E-state index contributed by atoms with van der Waals surface area (Å²) in [6, 6.07) is 3.76. The van der Waals surface area contributed by atoms with Crippen LogP contribution in [0.1, 0.15) is 5.56 Å². The van der Waals surface area contributed by atoms with Gasteiger partial charge in [0.1, 0.15) is 18.1 Å². The summed E-state index contributed by atoms with van der Waals surface area (Å²) in [5.74, 6) is 2.09. The van der Waals surface area contributed by atoms with Crippen LogP contribution in [0.25, 0.3) is 0 Å². The first kappa shape index (κ1) is 12.0. The molecule has 0 radical (unpaired) electrons. The molecule has 1 aromatic rings. The molecule has 0 saturated heterocycles. The molecule has 2 heterocycles. The number of fused-ring (bicyclic) bond motifs is 3. The van der Waals surface area contributed by atoms with E-state index in [0.717, 1.165) is 30.2 Å². The number of methoxy groups -OCH3 is 1. The van der Waals surface area contributed by atoms with Gasteiger partial charge in [0.25, 0.3) is 0 Å². The molecular formula is C13H15N3O3. The number of aliphatic hydroxyl groups excluding tert-OH is 1. The lowest BCUT2D eigenvalue weighted by Gasteiger charge is -2.23. The fraction of sp³-hybridized carbons (Fsp3) is 0.385. The lowest BCUT2D eigenvalue weighted by Crippen LogP contribution is -2.29. The maximum Gasteiger partial charge on any atom is 0.187 e. The van der Waals surface area contributed by atoms with Crippen molar-refractivity contribution >= 4 is 17.9 Å². The minimum absolute atomic E-state index is 0.0377. The van der Waals surface area contributed by atoms with Gasteiger partial charge in [0, 0.05) is 12.1 Å². The lowest BCUT2D eigenvalue weighted by molar-refractivity contribution is 0.196. The van der Waals surface area contributed by atoms with E-state index in [1.165, 1.54) is 0 Å². The Hall–Kier alpha value is -2.08. The van der Waals surface area contributed by atoms with Crippen LogP contribution in [0.5, 0.6) is 11.5 Å². The number of benzene rings is 1. The van der Waals surface area contributed by atoms with Crippen LogP contribution in [-0.4, -0.2) is 55.6 Å². The molecule has 0 saturated carbocycles. The van der Waals surface area contributed by atoms with Gasteiger partial charge in [-0.2, -0.15) is 0 Å². The molecule has 19 heavy (non-hydrogen) atoms. The van der Waals surface area contributed by atoms with Gasteiger partial charge in [0.2, 0.25) is 0 Å². The van der Waals surface area contributed by atoms with Crippen molar-refractivity contribution in [2.75, 3.05) is 33.4 Å². The monoisotopic (exact) mass is 261 g/mol. The predicted octanol–water partition coefficient (Wildman–Crippen LogP) is 0.802. The van der Waals surface area contributed by atoms with E-state index in [4.69, 9.17) is 14.6 Å². The summed E-state index contributed by atoms with van der Waals surface area (Å²) >= 11 is 0. The Morgan fingerprint density at radius 3 is 3.11 bits per heavy atom. The van der Waals surface area contributed by atoms with E-state index < -0.39 is 0 Å². The van der Waals surface area contributed by atoms with Crippen molar-refractivity contribution in [1.29, 1.82) is 0 Å². The van der Waals surface area contributed by atoms with Gasteiger partial charge in [-0.3, -0.25) is 4.99 Å². The Balaban J connectivity index is 2.05. The van der Waals surface area contributed by atoms with Gasteiger partial charge < -0.3 is 19.5 Å². The number of aliphatic imine (C=N–C) groups is 2. The molecule has 6 heteroatoms. The van der Waals surface area contributed by atoms with Crippen LogP contribution in [0.15, 0.2) is 22.1 Å². The summed E-state index contributed by atoms with van der Waals surface area (Å²) in [5.41, 5.74) is 1.68. The number of ether oxygens (including phenoxy) is 2. The molecule has 0 unspecified atom stereocenters. The zero-order valence-corrected chi connectivity index (χ0v) is 10.7. The van der Waals surface area contributed by atoms with Crippen molar-refractivity contribution in [3.63, 3.8) is 0 Å². The summed E-state index contributed by atoms with van der Waals surface area (Å²) in [6.07, 6.45) is 1.77. The fourth-order valence-corrected chi connectivity index (χ4v) is 2.27. The van der Waals surface area contributed by atoms with Crippen molar-refractivity contribution in [3.05, 3.63) is 17.7 Å². The predicted molar refractivity (Wildman–Crippen MR) is 71.8 cm³/mol. The van der Waals surface area contributed by atoms with Gasteiger partial charge in [-0.25, -0.2) is 4.99 Å². The smallest absolute Gasteiger partial charge is 0.187 e. The quantitative estimate of drug-likeness (QED) is 0.870. The molecule has 6 nitrogen and oxygen atoms in total. The highest BCUT2D eigenvalue weighted by molar-refractivity contribution is 6.12. The third kappa shape index (κ3) is 1.94. The van der Waals surface area contributed by atoms with Gasteiger partial charge in [-0.15, -0.1) is 0 Å². The lowest BCUT2D eigenvalue weighted by atomic mass is 10.1. The summed E-state index contributed by atoms with van der Waals surface area (Å²) < 4.78 is 10.8. The molecular weight excluding hydrogens is 246 g/mol. The van der Waals surface area contributed by atoms with E-state index in [-0.39, 0.29) is 13.2 Å². The zero-order valence-electron chi connectivity index (χ0n) is 10.7. The Morgan fingerprint density at radius 1 is 1.42 bits per heavy atom. The van der Waals surface area contributed by atoms with E-state index in [1.807, 2.05) is 17.0 Å². The van der Waals surface area contributed by atoms with Crippen molar-refractivity contribution in [3.8, 4) is 11.5 Å². The fourth-order valence-electron chi connectivity index (χ4n) is 2.27. The minimum atomic E-state index is -0.0377. The van der Waals surface area contributed by atoms with Crippen LogP contribution in [0, 0.1) is 0 Å². The maximum atomic E-state index is 8.83. The number of aliphatic hydroxyl groups is 1. The van der Waals surface area contributed by atoms with Crippen LogP contribution in [0.2, 0.25) is 0 Å². The average Bonchev–Trinajstić information content (AvgIpc) is 2.92. The Labute approximate surface area is 111 Å². The summed E-state index contributed by atoms with van der Waals surface area (Å²) in [5, 5.41) is 8.83. The van der Waals surface area contributed by atoms with E-state index in [2.05, 4.69) is 9.98 Å². The summed E-state index contributed by atoms with van der Waals surface area (Å²) in [7, 11) is 1.58. The second kappa shape index (κ2) is 4.89. The number of hydrogen-bond acceptors (Lipinski definition) is 6. The van der Waals surface area contributed by atoms with Crippen LogP contribution in [0.3, 0.4) is 0 Å². The number of rotatable bonds is 4. The highest BCUT2D eigenvalue weighted by Gasteiger charge is 2.27. The van der Waals surface area contributed by atoms with Crippen molar-refractivity contribution in [1.82, 2.24) is 4.90 Å². The third-order valence-electron chi connectivity index (χ3n) is 3.09. The zero-order chi connectivity index (χ0) is 13.2. The number of hydrogen-bond donors (Lipinski definition) is 1. The molecule has 1 N–H and O–H groups in total. The molecule has 2 aliphatic rings. The number of nitrogens with zero attached hydrogens (tertiary/aromatic N) is 3. The van der Waals surface area contributed by atoms with Gasteiger partial charge in [-0.05, 0) is 12.1 Å². The first-order chi connectivity index (χ1) is 9.35. The standard InChI is InChI=1S/C13H15N3O3/c1-18-12-10(19-7-6-17)3-2-9-11(12)15-8-16-5-4-14-13(9)16/h2-3,8,17H,4-7H2,1H3. The molecule has 0 amide bonds. The Morgan fingerprint density at radius 2 is 2.32 bits per heavy atom. The second-order valence-corrected chi connectivity index (χ2v) is 4.21. The topological polar surface area (TPSA) is 66.7 Å². The Kier molecular flexibility index (Phi) is 3.08. The first-order valence-corrected chi connectivity index (χ1v) is 6.15. The van der Waals surface area contributed by atoms with E-state index in [0.29, 0.717) is 11.5 Å². The molecule has 0 fully saturated rings. The van der Waals surface area contributed by atoms with Crippen LogP contribution < -0.4 is 9.47 Å². The molecule has 1 aromatic carbocycles. The van der Waals surface area contributed by atoms with Crippen LogP contribution >= 0.6 is 0 Å². The normalized spacial score (nSPS) is 15.9. The highest BCUT2D eigenvalue weighted by Crippen LogP contribution is 2.42. The minimum Gasteiger partial charge on any atom is -0.491 e.